The maximum atomic E-state index is 14.1. The van der Waals surface area contributed by atoms with Gasteiger partial charge in [-0.3, -0.25) is 14.7 Å². The summed E-state index contributed by atoms with van der Waals surface area (Å²) in [6, 6.07) is 0.238. The van der Waals surface area contributed by atoms with Crippen molar-refractivity contribution in [3.8, 4) is 6.01 Å². The molecule has 0 saturated carbocycles. The fourth-order valence-electron chi connectivity index (χ4n) is 4.68. The average Bonchev–Trinajstić information content (AvgIpc) is 3.03. The second kappa shape index (κ2) is 5.03. The number of aromatic amines is 1. The number of nitrogens with zero attached hydrogens (tertiary/aromatic N) is 2. The topological polar surface area (TPSA) is 70.2 Å². The predicted molar refractivity (Wildman–Crippen MR) is 78.9 cm³/mol. The Kier molecular flexibility index (Phi) is 3.23. The van der Waals surface area contributed by atoms with E-state index >= 15 is 0 Å². The average molecular weight is 308 g/mol. The van der Waals surface area contributed by atoms with Gasteiger partial charge in [0.25, 0.3) is 11.6 Å². The second-order valence-electron chi connectivity index (χ2n) is 6.57. The van der Waals surface area contributed by atoms with Crippen molar-refractivity contribution < 1.29 is 9.13 Å². The highest BCUT2D eigenvalue weighted by atomic mass is 19.1. The van der Waals surface area contributed by atoms with Gasteiger partial charge in [-0.05, 0) is 25.8 Å². The lowest BCUT2D eigenvalue weighted by Crippen LogP contribution is -2.51. The lowest BCUT2D eigenvalue weighted by molar-refractivity contribution is 0.148. The van der Waals surface area contributed by atoms with E-state index in [0.717, 1.165) is 30.6 Å². The van der Waals surface area contributed by atoms with Crippen LogP contribution in [0.2, 0.25) is 0 Å². The van der Waals surface area contributed by atoms with Crippen LogP contribution in [0.4, 0.5) is 4.39 Å². The Morgan fingerprint density at radius 3 is 3.18 bits per heavy atom. The zero-order chi connectivity index (χ0) is 15.3. The molecular weight excluding hydrogens is 287 g/mol. The Bertz CT molecular complexity index is 649. The highest BCUT2D eigenvalue weighted by molar-refractivity contribution is 5.32. The zero-order valence-electron chi connectivity index (χ0n) is 12.7. The van der Waals surface area contributed by atoms with Gasteiger partial charge in [-0.25, -0.2) is 9.37 Å². The summed E-state index contributed by atoms with van der Waals surface area (Å²) in [6.45, 7) is 2.68. The van der Waals surface area contributed by atoms with Crippen LogP contribution >= 0.6 is 0 Å². The number of rotatable bonds is 2. The maximum absolute atomic E-state index is 14.1. The van der Waals surface area contributed by atoms with Crippen molar-refractivity contribution in [2.75, 3.05) is 26.7 Å². The molecule has 22 heavy (non-hydrogen) atoms. The monoisotopic (exact) mass is 308 g/mol. The molecule has 0 spiro atoms. The molecule has 0 aromatic carbocycles. The first-order valence-corrected chi connectivity index (χ1v) is 7.91. The van der Waals surface area contributed by atoms with Crippen molar-refractivity contribution >= 4 is 0 Å². The molecule has 4 heterocycles. The van der Waals surface area contributed by atoms with E-state index in [1.54, 1.807) is 0 Å². The number of nitrogens with one attached hydrogen (secondary N) is 2. The smallest absolute Gasteiger partial charge is 0.296 e. The summed E-state index contributed by atoms with van der Waals surface area (Å²) in [7, 11) is 1.49. The van der Waals surface area contributed by atoms with E-state index < -0.39 is 6.17 Å². The molecule has 0 aliphatic carbocycles. The molecule has 1 unspecified atom stereocenters. The summed E-state index contributed by atoms with van der Waals surface area (Å²) in [5.41, 5.74) is 1.09. The van der Waals surface area contributed by atoms with Crippen LogP contribution in [0.15, 0.2) is 4.79 Å². The van der Waals surface area contributed by atoms with Gasteiger partial charge < -0.3 is 10.1 Å². The number of alkyl halides is 1. The summed E-state index contributed by atoms with van der Waals surface area (Å²) in [6.07, 6.45) is 1.74. The number of ether oxygens (including phenoxy) is 1. The third-order valence-electron chi connectivity index (χ3n) is 5.50. The minimum absolute atomic E-state index is 0.0124. The van der Waals surface area contributed by atoms with E-state index in [-0.39, 0.29) is 23.0 Å². The van der Waals surface area contributed by atoms with Gasteiger partial charge in [0, 0.05) is 36.7 Å². The summed E-state index contributed by atoms with van der Waals surface area (Å²) in [4.78, 5) is 21.9. The Morgan fingerprint density at radius 2 is 2.36 bits per heavy atom. The Hall–Kier alpha value is -1.47. The largest absolute Gasteiger partial charge is 0.468 e. The van der Waals surface area contributed by atoms with Crippen molar-refractivity contribution in [2.45, 2.75) is 43.4 Å². The summed E-state index contributed by atoms with van der Waals surface area (Å²) in [5, 5.41) is 3.35. The highest BCUT2D eigenvalue weighted by Crippen LogP contribution is 2.49. The summed E-state index contributed by atoms with van der Waals surface area (Å²) in [5.74, 6) is -0.0124. The van der Waals surface area contributed by atoms with E-state index in [0.29, 0.717) is 26.1 Å². The lowest BCUT2D eigenvalue weighted by Gasteiger charge is -2.42. The van der Waals surface area contributed by atoms with E-state index in [4.69, 9.17) is 4.74 Å². The molecule has 120 valence electrons. The van der Waals surface area contributed by atoms with Crippen molar-refractivity contribution in [1.29, 1.82) is 0 Å². The van der Waals surface area contributed by atoms with Gasteiger partial charge in [0.15, 0.2) is 0 Å². The van der Waals surface area contributed by atoms with E-state index in [1.807, 2.05) is 0 Å². The first-order chi connectivity index (χ1) is 10.6. The maximum Gasteiger partial charge on any atom is 0.296 e. The van der Waals surface area contributed by atoms with Gasteiger partial charge in [0.2, 0.25) is 0 Å². The number of methoxy groups -OCH3 is 1. The Morgan fingerprint density at radius 1 is 1.50 bits per heavy atom. The highest BCUT2D eigenvalue weighted by Gasteiger charge is 2.55. The minimum Gasteiger partial charge on any atom is -0.468 e. The van der Waals surface area contributed by atoms with Gasteiger partial charge in [-0.2, -0.15) is 0 Å². The molecule has 3 aliphatic heterocycles. The minimum atomic E-state index is -0.795. The molecule has 6 nitrogen and oxygen atoms in total. The fraction of sp³-hybridized carbons (Fsp3) is 0.733. The van der Waals surface area contributed by atoms with Crippen LogP contribution in [0, 0.1) is 0 Å². The van der Waals surface area contributed by atoms with Crippen molar-refractivity contribution in [3.63, 3.8) is 0 Å². The molecule has 2 fully saturated rings. The zero-order valence-corrected chi connectivity index (χ0v) is 12.7. The van der Waals surface area contributed by atoms with Crippen LogP contribution in [-0.2, 0) is 6.54 Å². The Labute approximate surface area is 128 Å². The molecule has 0 amide bonds. The first-order valence-electron chi connectivity index (χ1n) is 7.91. The van der Waals surface area contributed by atoms with Crippen molar-refractivity contribution in [3.05, 3.63) is 21.6 Å². The number of hydrogen-bond acceptors (Lipinski definition) is 5. The molecule has 1 aromatic rings. The lowest BCUT2D eigenvalue weighted by atomic mass is 9.74. The SMILES string of the molecule is COc1nc2c(c(=O)[nH]1)C([C@@]13CCCN1C[C@H](F)C3)CNC2. The van der Waals surface area contributed by atoms with Gasteiger partial charge in [0.1, 0.15) is 6.17 Å². The van der Waals surface area contributed by atoms with Gasteiger partial charge in [0.05, 0.1) is 12.8 Å². The first kappa shape index (κ1) is 14.1. The van der Waals surface area contributed by atoms with Gasteiger partial charge >= 0.3 is 0 Å². The van der Waals surface area contributed by atoms with Crippen LogP contribution in [0.25, 0.3) is 0 Å². The van der Waals surface area contributed by atoms with Gasteiger partial charge in [-0.1, -0.05) is 0 Å². The molecule has 4 rings (SSSR count). The van der Waals surface area contributed by atoms with Gasteiger partial charge in [-0.15, -0.1) is 0 Å². The number of H-pyrrole nitrogens is 1. The van der Waals surface area contributed by atoms with E-state index in [9.17, 15) is 9.18 Å². The molecule has 2 saturated heterocycles. The van der Waals surface area contributed by atoms with Crippen molar-refractivity contribution in [1.82, 2.24) is 20.2 Å². The molecule has 3 aliphatic rings. The van der Waals surface area contributed by atoms with E-state index in [2.05, 4.69) is 20.2 Å². The second-order valence-corrected chi connectivity index (χ2v) is 6.57. The number of halogens is 1. The fourth-order valence-corrected chi connectivity index (χ4v) is 4.68. The molecular formula is C15H21FN4O2. The van der Waals surface area contributed by atoms with Crippen LogP contribution in [0.3, 0.4) is 0 Å². The number of fused-ring (bicyclic) bond motifs is 2. The molecule has 2 N–H and O–H groups in total. The van der Waals surface area contributed by atoms with Crippen LogP contribution in [-0.4, -0.2) is 53.3 Å². The molecule has 1 aromatic heterocycles. The quantitative estimate of drug-likeness (QED) is 0.834. The third kappa shape index (κ3) is 1.91. The normalized spacial score (nSPS) is 34.5. The number of aromatic nitrogens is 2. The van der Waals surface area contributed by atoms with Crippen LogP contribution in [0.5, 0.6) is 6.01 Å². The van der Waals surface area contributed by atoms with Crippen LogP contribution < -0.4 is 15.6 Å². The summed E-state index contributed by atoms with van der Waals surface area (Å²) < 4.78 is 19.1. The van der Waals surface area contributed by atoms with E-state index in [1.165, 1.54) is 7.11 Å². The predicted octanol–water partition coefficient (Wildman–Crippen LogP) is 0.542. The summed E-state index contributed by atoms with van der Waals surface area (Å²) >= 11 is 0. The Balaban J connectivity index is 1.81. The van der Waals surface area contributed by atoms with Crippen LogP contribution in [0.1, 0.15) is 36.4 Å². The molecule has 7 heteroatoms. The standard InChI is InChI=1S/C15H21FN4O2/c1-22-14-18-11-7-17-6-10(12(11)13(21)19-14)15-3-2-4-20(15)8-9(16)5-15/h9-10,17H,2-8H2,1H3,(H,18,19,21)/t9-,10?,15+/m1/s1. The molecule has 0 radical (unpaired) electrons. The molecule has 3 atom stereocenters. The number of hydrogen-bond donors (Lipinski definition) is 2. The van der Waals surface area contributed by atoms with Crippen molar-refractivity contribution in [2.24, 2.45) is 0 Å². The molecule has 0 bridgehead atoms. The third-order valence-corrected chi connectivity index (χ3v) is 5.50.